The average molecular weight is 257 g/mol. The van der Waals surface area contributed by atoms with Crippen molar-refractivity contribution in [3.05, 3.63) is 29.8 Å². The molecule has 2 rings (SSSR count). The molecular formula is C15H19N3O. The molecule has 1 fully saturated rings. The number of nitriles is 1. The van der Waals surface area contributed by atoms with Gasteiger partial charge in [0.1, 0.15) is 0 Å². The lowest BCUT2D eigenvalue weighted by Crippen LogP contribution is -2.46. The molecule has 0 aliphatic carbocycles. The Morgan fingerprint density at radius 1 is 1.42 bits per heavy atom. The van der Waals surface area contributed by atoms with Crippen molar-refractivity contribution in [2.45, 2.75) is 25.8 Å². The van der Waals surface area contributed by atoms with Crippen LogP contribution >= 0.6 is 0 Å². The Balaban J connectivity index is 2.32. The third kappa shape index (κ3) is 2.34. The van der Waals surface area contributed by atoms with Gasteiger partial charge in [-0.1, -0.05) is 0 Å². The highest BCUT2D eigenvalue weighted by Gasteiger charge is 2.46. The van der Waals surface area contributed by atoms with Crippen molar-refractivity contribution < 1.29 is 4.79 Å². The summed E-state index contributed by atoms with van der Waals surface area (Å²) in [6.07, 6.45) is 0.563. The van der Waals surface area contributed by atoms with E-state index in [1.54, 1.807) is 12.1 Å². The lowest BCUT2D eigenvalue weighted by molar-refractivity contribution is -0.117. The van der Waals surface area contributed by atoms with E-state index in [1.165, 1.54) is 0 Å². The van der Waals surface area contributed by atoms with E-state index in [0.717, 1.165) is 12.2 Å². The van der Waals surface area contributed by atoms with Crippen LogP contribution < -0.4 is 10.2 Å². The van der Waals surface area contributed by atoms with Gasteiger partial charge in [0.15, 0.2) is 0 Å². The highest BCUT2D eigenvalue weighted by atomic mass is 16.2. The van der Waals surface area contributed by atoms with E-state index in [4.69, 9.17) is 5.26 Å². The van der Waals surface area contributed by atoms with E-state index in [0.29, 0.717) is 17.9 Å². The number of hydrogen-bond donors (Lipinski definition) is 1. The molecule has 1 aromatic rings. The van der Waals surface area contributed by atoms with E-state index in [1.807, 2.05) is 24.1 Å². The molecular weight excluding hydrogens is 238 g/mol. The number of carbonyl (C=O) groups is 1. The molecule has 0 saturated carbocycles. The summed E-state index contributed by atoms with van der Waals surface area (Å²) in [5, 5.41) is 12.0. The highest BCUT2D eigenvalue weighted by molar-refractivity contribution is 5.97. The van der Waals surface area contributed by atoms with Crippen molar-refractivity contribution >= 4 is 11.6 Å². The second-order valence-electron chi connectivity index (χ2n) is 5.50. The number of nitrogens with zero attached hydrogens (tertiary/aromatic N) is 2. The van der Waals surface area contributed by atoms with Crippen molar-refractivity contribution in [1.82, 2.24) is 5.32 Å². The van der Waals surface area contributed by atoms with E-state index < -0.39 is 0 Å². The molecule has 0 aromatic heterocycles. The minimum Gasteiger partial charge on any atom is -0.319 e. The molecule has 1 unspecified atom stereocenters. The number of hydrogen-bond acceptors (Lipinski definition) is 3. The zero-order valence-corrected chi connectivity index (χ0v) is 11.6. The molecule has 0 spiro atoms. The van der Waals surface area contributed by atoms with Crippen molar-refractivity contribution in [1.29, 1.82) is 5.26 Å². The lowest BCUT2D eigenvalue weighted by Gasteiger charge is -2.36. The van der Waals surface area contributed by atoms with Gasteiger partial charge in [-0.2, -0.15) is 5.26 Å². The molecule has 1 aliphatic rings. The van der Waals surface area contributed by atoms with Gasteiger partial charge in [0.05, 0.1) is 11.6 Å². The Kier molecular flexibility index (Phi) is 3.59. The molecule has 1 amide bonds. The second-order valence-corrected chi connectivity index (χ2v) is 5.50. The SMILES string of the molecule is CNCC1CC(=O)N(c2ccc(C#N)cc2)C1(C)C. The van der Waals surface area contributed by atoms with E-state index in [2.05, 4.69) is 25.2 Å². The quantitative estimate of drug-likeness (QED) is 0.900. The Hall–Kier alpha value is -1.86. The summed E-state index contributed by atoms with van der Waals surface area (Å²) in [4.78, 5) is 14.1. The van der Waals surface area contributed by atoms with Gasteiger partial charge in [0, 0.05) is 30.1 Å². The summed E-state index contributed by atoms with van der Waals surface area (Å²) in [7, 11) is 1.91. The van der Waals surface area contributed by atoms with E-state index >= 15 is 0 Å². The van der Waals surface area contributed by atoms with E-state index in [9.17, 15) is 4.79 Å². The van der Waals surface area contributed by atoms with Crippen LogP contribution in [0, 0.1) is 17.2 Å². The molecule has 4 heteroatoms. The summed E-state index contributed by atoms with van der Waals surface area (Å²) in [5.74, 6) is 0.440. The first-order chi connectivity index (χ1) is 9.00. The predicted octanol–water partition coefficient (Wildman–Crippen LogP) is 1.91. The summed E-state index contributed by atoms with van der Waals surface area (Å²) < 4.78 is 0. The Morgan fingerprint density at radius 2 is 2.05 bits per heavy atom. The average Bonchev–Trinajstić information content (AvgIpc) is 2.60. The predicted molar refractivity (Wildman–Crippen MR) is 74.8 cm³/mol. The summed E-state index contributed by atoms with van der Waals surface area (Å²) in [5.41, 5.74) is 1.27. The Labute approximate surface area is 114 Å². The van der Waals surface area contributed by atoms with Crippen LogP contribution in [0.5, 0.6) is 0 Å². The molecule has 1 aromatic carbocycles. The van der Waals surface area contributed by atoms with Gasteiger partial charge in [0.25, 0.3) is 0 Å². The fraction of sp³-hybridized carbons (Fsp3) is 0.467. The first-order valence-electron chi connectivity index (χ1n) is 6.48. The maximum absolute atomic E-state index is 12.3. The van der Waals surface area contributed by atoms with Crippen LogP contribution in [0.4, 0.5) is 5.69 Å². The first kappa shape index (κ1) is 13.6. The first-order valence-corrected chi connectivity index (χ1v) is 6.48. The summed E-state index contributed by atoms with van der Waals surface area (Å²) in [6.45, 7) is 5.02. The van der Waals surface area contributed by atoms with Gasteiger partial charge in [-0.3, -0.25) is 4.79 Å². The van der Waals surface area contributed by atoms with Gasteiger partial charge in [-0.15, -0.1) is 0 Å². The minimum absolute atomic E-state index is 0.148. The number of nitrogens with one attached hydrogen (secondary N) is 1. The third-order valence-corrected chi connectivity index (χ3v) is 3.95. The fourth-order valence-electron chi connectivity index (χ4n) is 2.79. The van der Waals surface area contributed by atoms with Gasteiger partial charge in [-0.25, -0.2) is 0 Å². The molecule has 1 aliphatic heterocycles. The lowest BCUT2D eigenvalue weighted by atomic mass is 9.88. The topological polar surface area (TPSA) is 56.1 Å². The number of carbonyl (C=O) groups excluding carboxylic acids is 1. The number of rotatable bonds is 3. The minimum atomic E-state index is -0.214. The van der Waals surface area contributed by atoms with Crippen molar-refractivity contribution in [3.63, 3.8) is 0 Å². The van der Waals surface area contributed by atoms with Gasteiger partial charge >= 0.3 is 0 Å². The van der Waals surface area contributed by atoms with Crippen LogP contribution in [-0.2, 0) is 4.79 Å². The molecule has 0 radical (unpaired) electrons. The largest absolute Gasteiger partial charge is 0.319 e. The second kappa shape index (κ2) is 5.02. The van der Waals surface area contributed by atoms with Crippen LogP contribution in [0.3, 0.4) is 0 Å². The standard InChI is InChI=1S/C15H19N3O/c1-15(2)12(10-17-3)8-14(19)18(15)13-6-4-11(9-16)5-7-13/h4-7,12,17H,8,10H2,1-3H3. The Bertz CT molecular complexity index is 513. The van der Waals surface area contributed by atoms with Crippen LogP contribution in [0.2, 0.25) is 0 Å². The molecule has 0 bridgehead atoms. The maximum atomic E-state index is 12.3. The van der Waals surface area contributed by atoms with Crippen molar-refractivity contribution in [2.75, 3.05) is 18.5 Å². The summed E-state index contributed by atoms with van der Waals surface area (Å²) >= 11 is 0. The fourth-order valence-corrected chi connectivity index (χ4v) is 2.79. The smallest absolute Gasteiger partial charge is 0.227 e. The van der Waals surface area contributed by atoms with Crippen LogP contribution in [-0.4, -0.2) is 25.0 Å². The maximum Gasteiger partial charge on any atom is 0.227 e. The summed E-state index contributed by atoms with van der Waals surface area (Å²) in [6, 6.07) is 9.29. The highest BCUT2D eigenvalue weighted by Crippen LogP contribution is 2.38. The third-order valence-electron chi connectivity index (χ3n) is 3.95. The molecule has 1 heterocycles. The van der Waals surface area contributed by atoms with Crippen molar-refractivity contribution in [3.8, 4) is 6.07 Å². The zero-order valence-electron chi connectivity index (χ0n) is 11.6. The molecule has 100 valence electrons. The monoisotopic (exact) mass is 257 g/mol. The molecule has 4 nitrogen and oxygen atoms in total. The normalized spacial score (nSPS) is 21.5. The molecule has 1 saturated heterocycles. The number of amides is 1. The number of anilines is 1. The van der Waals surface area contributed by atoms with Crippen LogP contribution in [0.25, 0.3) is 0 Å². The van der Waals surface area contributed by atoms with Gasteiger partial charge in [-0.05, 0) is 45.2 Å². The number of benzene rings is 1. The van der Waals surface area contributed by atoms with Crippen LogP contribution in [0.15, 0.2) is 24.3 Å². The van der Waals surface area contributed by atoms with Gasteiger partial charge in [0.2, 0.25) is 5.91 Å². The molecule has 1 atom stereocenters. The van der Waals surface area contributed by atoms with Crippen molar-refractivity contribution in [2.24, 2.45) is 5.92 Å². The van der Waals surface area contributed by atoms with E-state index in [-0.39, 0.29) is 11.4 Å². The van der Waals surface area contributed by atoms with Crippen LogP contribution in [0.1, 0.15) is 25.8 Å². The Morgan fingerprint density at radius 3 is 2.58 bits per heavy atom. The molecule has 19 heavy (non-hydrogen) atoms. The van der Waals surface area contributed by atoms with Gasteiger partial charge < -0.3 is 10.2 Å². The zero-order chi connectivity index (χ0) is 14.0. The molecule has 1 N–H and O–H groups in total.